The second-order valence-electron chi connectivity index (χ2n) is 6.05. The number of aromatic nitrogens is 3. The number of hydrogen-bond acceptors (Lipinski definition) is 6. The van der Waals surface area contributed by atoms with Crippen LogP contribution in [0, 0.1) is 0 Å². The van der Waals surface area contributed by atoms with Crippen LogP contribution in [0.5, 0.6) is 0 Å². The number of carbonyl (C=O) groups is 1. The fourth-order valence-corrected chi connectivity index (χ4v) is 5.27. The minimum Gasteiger partial charge on any atom is -0.351 e. The molecule has 0 saturated carbocycles. The van der Waals surface area contributed by atoms with Gasteiger partial charge in [-0.15, -0.1) is 10.2 Å². The highest BCUT2D eigenvalue weighted by Crippen LogP contribution is 2.29. The van der Waals surface area contributed by atoms with Crippen molar-refractivity contribution in [3.8, 4) is 0 Å². The molecule has 9 heteroatoms. The first-order valence-electron chi connectivity index (χ1n) is 7.98. The summed E-state index contributed by atoms with van der Waals surface area (Å²) >= 11 is 1.30. The third-order valence-corrected chi connectivity index (χ3v) is 6.92. The molecule has 0 aliphatic carbocycles. The van der Waals surface area contributed by atoms with Crippen LogP contribution in [0.3, 0.4) is 0 Å². The lowest BCUT2D eigenvalue weighted by atomic mass is 10.1. The van der Waals surface area contributed by atoms with Crippen LogP contribution in [0.15, 0.2) is 35.5 Å². The van der Waals surface area contributed by atoms with Crippen molar-refractivity contribution in [1.29, 1.82) is 0 Å². The third-order valence-electron chi connectivity index (χ3n) is 4.13. The average Bonchev–Trinajstić information content (AvgIpc) is 3.14. The number of nitrogens with one attached hydrogen (secondary N) is 1. The van der Waals surface area contributed by atoms with E-state index in [2.05, 4.69) is 15.5 Å². The molecule has 1 aliphatic rings. The van der Waals surface area contributed by atoms with Gasteiger partial charge in [-0.2, -0.15) is 0 Å². The van der Waals surface area contributed by atoms with Crippen molar-refractivity contribution in [3.63, 3.8) is 0 Å². The van der Waals surface area contributed by atoms with Crippen LogP contribution in [-0.4, -0.2) is 46.3 Å². The quantitative estimate of drug-likeness (QED) is 0.755. The van der Waals surface area contributed by atoms with E-state index in [0.29, 0.717) is 23.9 Å². The molecule has 3 rings (SSSR count). The van der Waals surface area contributed by atoms with Crippen LogP contribution in [0.4, 0.5) is 0 Å². The van der Waals surface area contributed by atoms with Crippen molar-refractivity contribution in [3.05, 3.63) is 41.7 Å². The first kappa shape index (κ1) is 17.9. The molecule has 1 amide bonds. The lowest BCUT2D eigenvalue weighted by Crippen LogP contribution is -2.24. The third kappa shape index (κ3) is 4.60. The molecule has 0 spiro atoms. The van der Waals surface area contributed by atoms with Crippen molar-refractivity contribution in [2.75, 3.05) is 17.3 Å². The first-order chi connectivity index (χ1) is 11.9. The maximum absolute atomic E-state index is 12.0. The summed E-state index contributed by atoms with van der Waals surface area (Å²) in [6.07, 6.45) is 0.580. The minimum atomic E-state index is -2.96. The summed E-state index contributed by atoms with van der Waals surface area (Å²) in [5, 5.41) is 11.7. The summed E-state index contributed by atoms with van der Waals surface area (Å²) in [6, 6.07) is 9.71. The topological polar surface area (TPSA) is 93.9 Å². The summed E-state index contributed by atoms with van der Waals surface area (Å²) in [5.74, 6) is 1.05. The number of thioether (sulfide) groups is 1. The normalized spacial score (nSPS) is 19.0. The highest BCUT2D eigenvalue weighted by Gasteiger charge is 2.32. The zero-order chi connectivity index (χ0) is 17.9. The molecular weight excluding hydrogens is 360 g/mol. The number of sulfone groups is 1. The molecule has 7 nitrogen and oxygen atoms in total. The van der Waals surface area contributed by atoms with Crippen molar-refractivity contribution in [1.82, 2.24) is 20.1 Å². The molecule has 25 heavy (non-hydrogen) atoms. The van der Waals surface area contributed by atoms with Crippen molar-refractivity contribution in [2.24, 2.45) is 7.05 Å². The molecule has 0 unspecified atom stereocenters. The Morgan fingerprint density at radius 3 is 2.76 bits per heavy atom. The van der Waals surface area contributed by atoms with Gasteiger partial charge in [-0.05, 0) is 12.0 Å². The Morgan fingerprint density at radius 1 is 1.32 bits per heavy atom. The van der Waals surface area contributed by atoms with Gasteiger partial charge in [0, 0.05) is 19.5 Å². The molecule has 0 radical (unpaired) electrons. The number of benzene rings is 1. The van der Waals surface area contributed by atoms with Crippen LogP contribution in [0.2, 0.25) is 0 Å². The Kier molecular flexibility index (Phi) is 5.43. The Morgan fingerprint density at radius 2 is 2.08 bits per heavy atom. The van der Waals surface area contributed by atoms with Crippen LogP contribution < -0.4 is 5.32 Å². The lowest BCUT2D eigenvalue weighted by molar-refractivity contribution is -0.118. The molecule has 1 fully saturated rings. The summed E-state index contributed by atoms with van der Waals surface area (Å²) in [5.41, 5.74) is 1.05. The van der Waals surface area contributed by atoms with Gasteiger partial charge in [0.05, 0.1) is 17.3 Å². The maximum Gasteiger partial charge on any atom is 0.230 e. The largest absolute Gasteiger partial charge is 0.351 e. The fourth-order valence-electron chi connectivity index (χ4n) is 2.78. The molecule has 1 saturated heterocycles. The predicted molar refractivity (Wildman–Crippen MR) is 96.0 cm³/mol. The van der Waals surface area contributed by atoms with Crippen LogP contribution in [0.1, 0.15) is 23.7 Å². The number of nitrogens with zero attached hydrogens (tertiary/aromatic N) is 3. The second kappa shape index (κ2) is 7.57. The van der Waals surface area contributed by atoms with Gasteiger partial charge in [0.1, 0.15) is 5.82 Å². The molecule has 1 aliphatic heterocycles. The number of hydrogen-bond donors (Lipinski definition) is 1. The molecule has 1 N–H and O–H groups in total. The molecule has 1 atom stereocenters. The number of rotatable bonds is 6. The van der Waals surface area contributed by atoms with E-state index in [1.165, 1.54) is 11.8 Å². The van der Waals surface area contributed by atoms with Gasteiger partial charge in [-0.25, -0.2) is 8.42 Å². The molecule has 1 aromatic carbocycles. The molecule has 2 aromatic rings. The number of carbonyl (C=O) groups excluding carboxylic acids is 1. The average molecular weight is 380 g/mol. The van der Waals surface area contributed by atoms with E-state index in [-0.39, 0.29) is 29.1 Å². The Hall–Kier alpha value is -1.87. The lowest BCUT2D eigenvalue weighted by Gasteiger charge is -2.08. The summed E-state index contributed by atoms with van der Waals surface area (Å²) in [4.78, 5) is 12.0. The maximum atomic E-state index is 12.0. The van der Waals surface area contributed by atoms with Gasteiger partial charge in [-0.3, -0.25) is 4.79 Å². The van der Waals surface area contributed by atoms with Gasteiger partial charge in [0.25, 0.3) is 0 Å². The molecule has 2 heterocycles. The fraction of sp³-hybridized carbons (Fsp3) is 0.438. The molecule has 0 bridgehead atoms. The first-order valence-corrected chi connectivity index (χ1v) is 10.8. The summed E-state index contributed by atoms with van der Waals surface area (Å²) < 4.78 is 25.0. The monoisotopic (exact) mass is 380 g/mol. The van der Waals surface area contributed by atoms with Crippen molar-refractivity contribution >= 4 is 27.5 Å². The summed E-state index contributed by atoms with van der Waals surface area (Å²) in [7, 11) is -1.15. The van der Waals surface area contributed by atoms with Crippen molar-refractivity contribution in [2.45, 2.75) is 24.0 Å². The minimum absolute atomic E-state index is 0.0816. The molecule has 1 aromatic heterocycles. The van der Waals surface area contributed by atoms with E-state index in [1.807, 2.05) is 37.4 Å². The van der Waals surface area contributed by atoms with Crippen LogP contribution in [0.25, 0.3) is 0 Å². The van der Waals surface area contributed by atoms with Gasteiger partial charge < -0.3 is 9.88 Å². The number of amides is 1. The van der Waals surface area contributed by atoms with E-state index < -0.39 is 9.84 Å². The molecular formula is C16H20N4O3S2. The zero-order valence-electron chi connectivity index (χ0n) is 13.9. The smallest absolute Gasteiger partial charge is 0.230 e. The van der Waals surface area contributed by atoms with Crippen molar-refractivity contribution < 1.29 is 13.2 Å². The highest BCUT2D eigenvalue weighted by atomic mass is 32.2. The Balaban J connectivity index is 1.53. The molecule has 134 valence electrons. The van der Waals surface area contributed by atoms with E-state index in [4.69, 9.17) is 0 Å². The van der Waals surface area contributed by atoms with Gasteiger partial charge in [0.15, 0.2) is 15.0 Å². The second-order valence-corrected chi connectivity index (χ2v) is 9.22. The van der Waals surface area contributed by atoms with E-state index in [0.717, 1.165) is 5.56 Å². The van der Waals surface area contributed by atoms with Crippen LogP contribution in [-0.2, 0) is 28.2 Å². The Labute approximate surface area is 151 Å². The van der Waals surface area contributed by atoms with Gasteiger partial charge in [0.2, 0.25) is 5.91 Å². The van der Waals surface area contributed by atoms with Crippen LogP contribution >= 0.6 is 11.8 Å². The van der Waals surface area contributed by atoms with E-state index in [1.54, 1.807) is 4.57 Å². The predicted octanol–water partition coefficient (Wildman–Crippen LogP) is 1.13. The highest BCUT2D eigenvalue weighted by molar-refractivity contribution is 7.99. The zero-order valence-corrected chi connectivity index (χ0v) is 15.5. The summed E-state index contributed by atoms with van der Waals surface area (Å²) in [6.45, 7) is 0.490. The Bertz CT molecular complexity index is 850. The standard InChI is InChI=1S/C16H20N4O3S2/c1-20-15(13-7-8-25(22,23)11-13)18-19-16(20)24-10-14(21)17-9-12-5-3-2-4-6-12/h2-6,13H,7-11H2,1H3,(H,17,21)/t13-/m1/s1. The SMILES string of the molecule is Cn1c(SCC(=O)NCc2ccccc2)nnc1[C@@H]1CCS(=O)(=O)C1. The van der Waals surface area contributed by atoms with E-state index in [9.17, 15) is 13.2 Å². The van der Waals surface area contributed by atoms with Gasteiger partial charge >= 0.3 is 0 Å². The van der Waals surface area contributed by atoms with Gasteiger partial charge in [-0.1, -0.05) is 42.1 Å². The van der Waals surface area contributed by atoms with E-state index >= 15 is 0 Å².